The highest BCUT2D eigenvalue weighted by Crippen LogP contribution is 2.62. The monoisotopic (exact) mass is 296 g/mol. The molecule has 0 N–H and O–H groups in total. The minimum absolute atomic E-state index is 3.31. The lowest BCUT2D eigenvalue weighted by atomic mass is 9.85. The van der Waals surface area contributed by atoms with Crippen LogP contribution >= 0.6 is 23.2 Å². The van der Waals surface area contributed by atoms with E-state index in [1.165, 1.54) is 0 Å². The Kier molecular flexibility index (Phi) is 2.88. The molecule has 1 saturated carbocycles. The molecule has 0 nitrogen and oxygen atoms in total. The molecule has 0 bridgehead atoms. The highest BCUT2D eigenvalue weighted by atomic mass is 35.5. The summed E-state index contributed by atoms with van der Waals surface area (Å²) in [5.41, 5.74) is 0. The zero-order valence-electron chi connectivity index (χ0n) is 6.93. The number of hydrogen-bond acceptors (Lipinski definition) is 0. The van der Waals surface area contributed by atoms with Crippen LogP contribution in [-0.2, 0) is 0 Å². The molecule has 10 heteroatoms. The van der Waals surface area contributed by atoms with Crippen LogP contribution in [0.1, 0.15) is 0 Å². The fourth-order valence-corrected chi connectivity index (χ4v) is 1.72. The number of halogens is 10. The second kappa shape index (κ2) is 3.28. The lowest BCUT2D eigenvalue weighted by Crippen LogP contribution is -2.74. The largest absolute Gasteiger partial charge is 0.379 e. The summed E-state index contributed by atoms with van der Waals surface area (Å²) in [4.78, 5) is 0. The fourth-order valence-electron chi connectivity index (χ4n) is 1.13. The molecule has 2 unspecified atom stereocenters. The molecule has 1 fully saturated rings. The summed E-state index contributed by atoms with van der Waals surface area (Å²) in [5, 5.41) is -6.61. The second-order valence-electron chi connectivity index (χ2n) is 3.20. The summed E-state index contributed by atoms with van der Waals surface area (Å²) >= 11 is 9.16. The van der Waals surface area contributed by atoms with Gasteiger partial charge in [0.1, 0.15) is 10.8 Å². The summed E-state index contributed by atoms with van der Waals surface area (Å²) in [6.45, 7) is 0. The van der Waals surface area contributed by atoms with E-state index >= 15 is 0 Å². The van der Waals surface area contributed by atoms with E-state index in [1.54, 1.807) is 0 Å². The minimum Gasteiger partial charge on any atom is -0.198 e. The molecule has 1 rings (SSSR count). The van der Waals surface area contributed by atoms with Gasteiger partial charge >= 0.3 is 23.7 Å². The van der Waals surface area contributed by atoms with Crippen LogP contribution < -0.4 is 0 Å². The molecule has 0 amide bonds. The molecule has 96 valence electrons. The van der Waals surface area contributed by atoms with Crippen molar-refractivity contribution in [2.45, 2.75) is 34.4 Å². The third-order valence-electron chi connectivity index (χ3n) is 2.18. The molecule has 0 radical (unpaired) electrons. The Morgan fingerprint density at radius 3 is 0.938 bits per heavy atom. The number of hydrogen-bond donors (Lipinski definition) is 0. The highest BCUT2D eigenvalue weighted by molar-refractivity contribution is 6.31. The van der Waals surface area contributed by atoms with Crippen LogP contribution in [0.5, 0.6) is 0 Å². The van der Waals surface area contributed by atoms with Crippen LogP contribution in [0, 0.1) is 0 Å². The predicted octanol–water partition coefficient (Wildman–Crippen LogP) is 3.76. The van der Waals surface area contributed by atoms with Crippen LogP contribution in [0.25, 0.3) is 0 Å². The van der Waals surface area contributed by atoms with E-state index in [0.29, 0.717) is 0 Å². The standard InChI is InChI=1S/C6H2Cl2F8/c7-1-2(8)4(11,12)6(15,16)5(13,14)3(1,9)10/h1-2H. The summed E-state index contributed by atoms with van der Waals surface area (Å²) in [5.74, 6) is -23.6. The molecule has 0 aromatic heterocycles. The minimum atomic E-state index is -6.28. The first kappa shape index (κ1) is 14.1. The van der Waals surface area contributed by atoms with Crippen LogP contribution in [0.3, 0.4) is 0 Å². The first-order valence-electron chi connectivity index (χ1n) is 3.61. The van der Waals surface area contributed by atoms with E-state index in [-0.39, 0.29) is 0 Å². The smallest absolute Gasteiger partial charge is 0.198 e. The van der Waals surface area contributed by atoms with Gasteiger partial charge in [-0.05, 0) is 0 Å². The van der Waals surface area contributed by atoms with Gasteiger partial charge in [-0.2, -0.15) is 35.1 Å². The zero-order chi connectivity index (χ0) is 13.2. The van der Waals surface area contributed by atoms with Crippen molar-refractivity contribution in [1.29, 1.82) is 0 Å². The topological polar surface area (TPSA) is 0 Å². The Morgan fingerprint density at radius 2 is 0.750 bits per heavy atom. The van der Waals surface area contributed by atoms with Gasteiger partial charge in [0.15, 0.2) is 0 Å². The molecule has 1 aliphatic carbocycles. The SMILES string of the molecule is FC1(F)C(Cl)C(Cl)C(F)(F)C(F)(F)C1(F)F. The molecule has 0 saturated heterocycles. The number of alkyl halides is 10. The van der Waals surface area contributed by atoms with Crippen molar-refractivity contribution in [2.24, 2.45) is 0 Å². The molecule has 0 aromatic carbocycles. The lowest BCUT2D eigenvalue weighted by Gasteiger charge is -2.46. The quantitative estimate of drug-likeness (QED) is 0.472. The van der Waals surface area contributed by atoms with Gasteiger partial charge in [-0.1, -0.05) is 0 Å². The summed E-state index contributed by atoms with van der Waals surface area (Å²) < 4.78 is 101. The predicted molar refractivity (Wildman–Crippen MR) is 39.1 cm³/mol. The normalized spacial score (nSPS) is 39.4. The molecular weight excluding hydrogens is 295 g/mol. The van der Waals surface area contributed by atoms with Gasteiger partial charge < -0.3 is 0 Å². The number of rotatable bonds is 0. The average Bonchev–Trinajstić information content (AvgIpc) is 2.12. The fraction of sp³-hybridized carbons (Fsp3) is 1.00. The Balaban J connectivity index is 3.42. The Morgan fingerprint density at radius 1 is 0.562 bits per heavy atom. The van der Waals surface area contributed by atoms with Crippen LogP contribution in [-0.4, -0.2) is 34.4 Å². The van der Waals surface area contributed by atoms with Crippen molar-refractivity contribution in [3.05, 3.63) is 0 Å². The van der Waals surface area contributed by atoms with E-state index in [2.05, 4.69) is 23.2 Å². The van der Waals surface area contributed by atoms with Crippen molar-refractivity contribution < 1.29 is 35.1 Å². The van der Waals surface area contributed by atoms with Gasteiger partial charge in [0.25, 0.3) is 0 Å². The maximum Gasteiger partial charge on any atom is 0.379 e. The lowest BCUT2D eigenvalue weighted by molar-refractivity contribution is -0.388. The van der Waals surface area contributed by atoms with E-state index in [0.717, 1.165) is 0 Å². The van der Waals surface area contributed by atoms with Gasteiger partial charge in [0.2, 0.25) is 0 Å². The molecule has 2 atom stereocenters. The molecule has 0 spiro atoms. The molecule has 0 aliphatic heterocycles. The van der Waals surface area contributed by atoms with E-state index in [9.17, 15) is 35.1 Å². The van der Waals surface area contributed by atoms with Gasteiger partial charge in [-0.3, -0.25) is 0 Å². The van der Waals surface area contributed by atoms with Crippen molar-refractivity contribution >= 4 is 23.2 Å². The third-order valence-corrected chi connectivity index (χ3v) is 3.36. The first-order chi connectivity index (χ1) is 6.82. The summed E-state index contributed by atoms with van der Waals surface area (Å²) in [7, 11) is 0. The molecule has 1 aliphatic rings. The molecule has 0 aromatic rings. The van der Waals surface area contributed by atoms with Crippen molar-refractivity contribution in [3.63, 3.8) is 0 Å². The second-order valence-corrected chi connectivity index (χ2v) is 4.14. The highest BCUT2D eigenvalue weighted by Gasteiger charge is 2.88. The molecular formula is C6H2Cl2F8. The third kappa shape index (κ3) is 1.28. The van der Waals surface area contributed by atoms with E-state index in [1.807, 2.05) is 0 Å². The maximum atomic E-state index is 12.7. The van der Waals surface area contributed by atoms with Gasteiger partial charge in [0, 0.05) is 0 Å². The van der Waals surface area contributed by atoms with E-state index in [4.69, 9.17) is 0 Å². The average molecular weight is 297 g/mol. The zero-order valence-corrected chi connectivity index (χ0v) is 8.45. The Labute approximate surface area is 93.5 Å². The maximum absolute atomic E-state index is 12.7. The summed E-state index contributed by atoms with van der Waals surface area (Å²) in [6.07, 6.45) is 0. The van der Waals surface area contributed by atoms with Gasteiger partial charge in [-0.15, -0.1) is 23.2 Å². The van der Waals surface area contributed by atoms with Crippen LogP contribution in [0.2, 0.25) is 0 Å². The Bertz CT molecular complexity index is 271. The molecule has 0 heterocycles. The first-order valence-corrected chi connectivity index (χ1v) is 4.48. The summed E-state index contributed by atoms with van der Waals surface area (Å²) in [6, 6.07) is 0. The van der Waals surface area contributed by atoms with Gasteiger partial charge in [-0.25, -0.2) is 0 Å². The Hall–Kier alpha value is 0.0200. The van der Waals surface area contributed by atoms with Gasteiger partial charge in [0.05, 0.1) is 0 Å². The van der Waals surface area contributed by atoms with E-state index < -0.39 is 34.4 Å². The van der Waals surface area contributed by atoms with Crippen LogP contribution in [0.15, 0.2) is 0 Å². The molecule has 16 heavy (non-hydrogen) atoms. The van der Waals surface area contributed by atoms with Crippen molar-refractivity contribution in [3.8, 4) is 0 Å². The van der Waals surface area contributed by atoms with Crippen LogP contribution in [0.4, 0.5) is 35.1 Å². The van der Waals surface area contributed by atoms with Crippen molar-refractivity contribution in [2.75, 3.05) is 0 Å². The van der Waals surface area contributed by atoms with Crippen molar-refractivity contribution in [1.82, 2.24) is 0 Å².